The maximum Gasteiger partial charge on any atom is 0.270 e. The van der Waals surface area contributed by atoms with Gasteiger partial charge in [0, 0.05) is 37.4 Å². The number of amides is 1. The molecule has 0 saturated heterocycles. The number of fused-ring (bicyclic) bond motifs is 1. The Morgan fingerprint density at radius 3 is 1.70 bits per heavy atom. The van der Waals surface area contributed by atoms with Gasteiger partial charge < -0.3 is 9.80 Å². The van der Waals surface area contributed by atoms with Gasteiger partial charge >= 0.3 is 0 Å². The second-order valence-electron chi connectivity index (χ2n) is 8.71. The lowest BCUT2D eigenvalue weighted by molar-refractivity contribution is -0.385. The van der Waals surface area contributed by atoms with E-state index in [4.69, 9.17) is 0 Å². The number of hydrogen-bond donors (Lipinski definition) is 0. The Labute approximate surface area is 212 Å². The molecule has 184 valence electrons. The van der Waals surface area contributed by atoms with E-state index in [9.17, 15) is 25.0 Å². The molecule has 9 heteroatoms. The van der Waals surface area contributed by atoms with Crippen LogP contribution in [0, 0.1) is 20.2 Å². The van der Waals surface area contributed by atoms with Gasteiger partial charge in [-0.25, -0.2) is 0 Å². The summed E-state index contributed by atoms with van der Waals surface area (Å²) in [6.07, 6.45) is -0.609. The SMILES string of the molecule is O=C1c2cc([N+](=O)[O-])ccc2N(Cc2ccccc2)[C@@H](c2ccc([N+](=O)[O-])cc2)N1Cc1ccccc1. The zero-order chi connectivity index (χ0) is 25.9. The number of carbonyl (C=O) groups excluding carboxylic acids is 1. The third kappa shape index (κ3) is 4.74. The van der Waals surface area contributed by atoms with Crippen molar-refractivity contribution in [3.8, 4) is 0 Å². The Bertz CT molecular complexity index is 1460. The van der Waals surface area contributed by atoms with Gasteiger partial charge in [-0.1, -0.05) is 60.7 Å². The van der Waals surface area contributed by atoms with Crippen molar-refractivity contribution in [3.63, 3.8) is 0 Å². The lowest BCUT2D eigenvalue weighted by Gasteiger charge is -2.46. The normalized spacial score (nSPS) is 14.8. The van der Waals surface area contributed by atoms with E-state index < -0.39 is 16.0 Å². The van der Waals surface area contributed by atoms with Crippen LogP contribution in [0.1, 0.15) is 33.2 Å². The molecule has 0 unspecified atom stereocenters. The summed E-state index contributed by atoms with van der Waals surface area (Å²) in [4.78, 5) is 39.4. The highest BCUT2D eigenvalue weighted by atomic mass is 16.6. The molecule has 0 aromatic heterocycles. The van der Waals surface area contributed by atoms with Crippen LogP contribution in [0.25, 0.3) is 0 Å². The topological polar surface area (TPSA) is 110 Å². The van der Waals surface area contributed by atoms with Crippen LogP contribution in [0.3, 0.4) is 0 Å². The molecule has 0 radical (unpaired) electrons. The zero-order valence-corrected chi connectivity index (χ0v) is 19.6. The largest absolute Gasteiger partial charge is 0.342 e. The Kier molecular flexibility index (Phi) is 6.34. The standard InChI is InChI=1S/C28H22N4O5/c33-28-25-17-24(32(36)37)15-16-26(25)29(18-20-7-3-1-4-8-20)27(22-11-13-23(14-12-22)31(34)35)30(28)19-21-9-5-2-6-10-21/h1-17,27H,18-19H2/t27-/m1/s1. The average molecular weight is 495 g/mol. The van der Waals surface area contributed by atoms with Gasteiger partial charge in [-0.15, -0.1) is 0 Å². The molecule has 9 nitrogen and oxygen atoms in total. The van der Waals surface area contributed by atoms with Gasteiger partial charge in [0.15, 0.2) is 0 Å². The summed E-state index contributed by atoms with van der Waals surface area (Å²) in [7, 11) is 0. The molecular weight excluding hydrogens is 472 g/mol. The average Bonchev–Trinajstić information content (AvgIpc) is 2.92. The Balaban J connectivity index is 1.69. The number of nitro benzene ring substituents is 2. The number of non-ortho nitro benzene ring substituents is 2. The summed E-state index contributed by atoms with van der Waals surface area (Å²) in [5, 5.41) is 22.8. The molecule has 5 rings (SSSR count). The molecule has 0 N–H and O–H groups in total. The van der Waals surface area contributed by atoms with Crippen LogP contribution in [0.15, 0.2) is 103 Å². The minimum absolute atomic E-state index is 0.0499. The van der Waals surface area contributed by atoms with Gasteiger partial charge in [0.1, 0.15) is 6.17 Å². The molecular formula is C28H22N4O5. The number of nitro groups is 2. The number of benzene rings is 4. The Hall–Kier alpha value is -5.05. The van der Waals surface area contributed by atoms with Gasteiger partial charge in [-0.05, 0) is 34.9 Å². The fourth-order valence-corrected chi connectivity index (χ4v) is 4.64. The van der Waals surface area contributed by atoms with Gasteiger partial charge in [-0.3, -0.25) is 25.0 Å². The van der Waals surface area contributed by atoms with E-state index in [1.807, 2.05) is 65.6 Å². The molecule has 1 amide bonds. The van der Waals surface area contributed by atoms with E-state index in [-0.39, 0.29) is 29.4 Å². The molecule has 0 spiro atoms. The monoisotopic (exact) mass is 494 g/mol. The molecule has 1 aliphatic rings. The smallest absolute Gasteiger partial charge is 0.270 e. The highest BCUT2D eigenvalue weighted by Crippen LogP contribution is 2.42. The van der Waals surface area contributed by atoms with Crippen LogP contribution in [0.5, 0.6) is 0 Å². The summed E-state index contributed by atoms with van der Waals surface area (Å²) in [6.45, 7) is 0.653. The molecule has 0 bridgehead atoms. The fraction of sp³-hybridized carbons (Fsp3) is 0.107. The number of anilines is 1. The Morgan fingerprint density at radius 2 is 1.16 bits per heavy atom. The molecule has 1 heterocycles. The first kappa shape index (κ1) is 23.7. The maximum absolute atomic E-state index is 13.9. The molecule has 1 aliphatic heterocycles. The lowest BCUT2D eigenvalue weighted by Crippen LogP contribution is -2.48. The van der Waals surface area contributed by atoms with Crippen molar-refractivity contribution in [2.24, 2.45) is 0 Å². The molecule has 4 aromatic rings. The summed E-state index contributed by atoms with van der Waals surface area (Å²) in [5.74, 6) is -0.352. The minimum Gasteiger partial charge on any atom is -0.342 e. The second-order valence-corrected chi connectivity index (χ2v) is 8.71. The Morgan fingerprint density at radius 1 is 0.649 bits per heavy atom. The number of nitrogens with zero attached hydrogens (tertiary/aromatic N) is 4. The van der Waals surface area contributed by atoms with Gasteiger partial charge in [0.05, 0.1) is 21.1 Å². The van der Waals surface area contributed by atoms with Crippen molar-refractivity contribution in [2.45, 2.75) is 19.3 Å². The predicted octanol–water partition coefficient (Wildman–Crippen LogP) is 5.86. The highest BCUT2D eigenvalue weighted by molar-refractivity contribution is 6.02. The zero-order valence-electron chi connectivity index (χ0n) is 19.6. The summed E-state index contributed by atoms with van der Waals surface area (Å²) < 4.78 is 0. The molecule has 0 fully saturated rings. The van der Waals surface area contributed by atoms with Gasteiger partial charge in [0.2, 0.25) is 0 Å². The van der Waals surface area contributed by atoms with Crippen molar-refractivity contribution in [3.05, 3.63) is 146 Å². The summed E-state index contributed by atoms with van der Waals surface area (Å²) in [5.41, 5.74) is 3.14. The van der Waals surface area contributed by atoms with Crippen LogP contribution in [-0.4, -0.2) is 20.7 Å². The summed E-state index contributed by atoms with van der Waals surface area (Å²) in [6, 6.07) is 29.6. The van der Waals surface area contributed by atoms with E-state index in [1.165, 1.54) is 24.3 Å². The van der Waals surface area contributed by atoms with E-state index in [0.29, 0.717) is 17.8 Å². The van der Waals surface area contributed by atoms with E-state index in [2.05, 4.69) is 0 Å². The van der Waals surface area contributed by atoms with Crippen LogP contribution in [-0.2, 0) is 13.1 Å². The van der Waals surface area contributed by atoms with Crippen molar-refractivity contribution in [2.75, 3.05) is 4.90 Å². The van der Waals surface area contributed by atoms with Crippen LogP contribution in [0.4, 0.5) is 17.1 Å². The first-order valence-corrected chi connectivity index (χ1v) is 11.6. The first-order chi connectivity index (χ1) is 17.9. The first-order valence-electron chi connectivity index (χ1n) is 11.6. The van der Waals surface area contributed by atoms with Gasteiger partial charge in [0.25, 0.3) is 17.3 Å². The number of carbonyl (C=O) groups is 1. The van der Waals surface area contributed by atoms with E-state index >= 15 is 0 Å². The fourth-order valence-electron chi connectivity index (χ4n) is 4.64. The lowest BCUT2D eigenvalue weighted by atomic mass is 9.98. The second kappa shape index (κ2) is 9.90. The molecule has 0 saturated carbocycles. The number of hydrogen-bond acceptors (Lipinski definition) is 6. The number of rotatable bonds is 7. The van der Waals surface area contributed by atoms with Crippen molar-refractivity contribution >= 4 is 23.0 Å². The minimum atomic E-state index is -0.609. The highest BCUT2D eigenvalue weighted by Gasteiger charge is 2.39. The van der Waals surface area contributed by atoms with E-state index in [0.717, 1.165) is 11.1 Å². The summed E-state index contributed by atoms with van der Waals surface area (Å²) >= 11 is 0. The van der Waals surface area contributed by atoms with Crippen LogP contribution in [0.2, 0.25) is 0 Å². The molecule has 0 aliphatic carbocycles. The van der Waals surface area contributed by atoms with E-state index in [1.54, 1.807) is 23.1 Å². The van der Waals surface area contributed by atoms with Crippen molar-refractivity contribution in [1.82, 2.24) is 4.90 Å². The van der Waals surface area contributed by atoms with Gasteiger partial charge in [-0.2, -0.15) is 0 Å². The molecule has 1 atom stereocenters. The van der Waals surface area contributed by atoms with Crippen molar-refractivity contribution in [1.29, 1.82) is 0 Å². The van der Waals surface area contributed by atoms with Crippen molar-refractivity contribution < 1.29 is 14.6 Å². The maximum atomic E-state index is 13.9. The quantitative estimate of drug-likeness (QED) is 0.235. The van der Waals surface area contributed by atoms with Crippen LogP contribution >= 0.6 is 0 Å². The molecule has 37 heavy (non-hydrogen) atoms. The van der Waals surface area contributed by atoms with Crippen LogP contribution < -0.4 is 4.90 Å². The third-order valence-corrected chi connectivity index (χ3v) is 6.38. The predicted molar refractivity (Wildman–Crippen MR) is 138 cm³/mol. The molecule has 4 aromatic carbocycles. The third-order valence-electron chi connectivity index (χ3n) is 6.38.